The summed E-state index contributed by atoms with van der Waals surface area (Å²) in [7, 11) is 0. The van der Waals surface area contributed by atoms with Gasteiger partial charge in [0.25, 0.3) is 0 Å². The lowest BCUT2D eigenvalue weighted by atomic mass is 10.1. The van der Waals surface area contributed by atoms with Gasteiger partial charge in [0.15, 0.2) is 12.5 Å². The number of unbranched alkanes of at least 4 members (excludes halogenated alkanes) is 7. The number of aromatic nitrogens is 1. The predicted molar refractivity (Wildman–Crippen MR) is 146 cm³/mol. The molecule has 0 aliphatic carbocycles. The standard InChI is InChI=1S/C30H49N2O6.HI/c1-4-6-7-8-9-14-19-35-20-15-10-11-16-21-36-29-22-27(24-37-29)25-38-30(34)32(26(3)33)23-28-17-12-13-18-31(28)5-2;/h4,12-13,17-18,27,29H,1,5-11,14-16,19-25H2,2-3H3;1H/q+1;/p-1. The van der Waals surface area contributed by atoms with Gasteiger partial charge in [0.1, 0.15) is 13.1 Å². The van der Waals surface area contributed by atoms with Gasteiger partial charge in [-0.05, 0) is 39.0 Å². The van der Waals surface area contributed by atoms with Crippen molar-refractivity contribution in [1.29, 1.82) is 0 Å². The number of carbonyl (C=O) groups is 2. The zero-order valence-electron chi connectivity index (χ0n) is 24.0. The molecule has 2 atom stereocenters. The molecule has 1 aliphatic heterocycles. The Kier molecular flexibility index (Phi) is 20.2. The lowest BCUT2D eigenvalue weighted by molar-refractivity contribution is -0.701. The van der Waals surface area contributed by atoms with Crippen LogP contribution in [0.3, 0.4) is 0 Å². The molecule has 0 saturated carbocycles. The number of hydrogen-bond donors (Lipinski definition) is 0. The minimum Gasteiger partial charge on any atom is -1.00 e. The summed E-state index contributed by atoms with van der Waals surface area (Å²) < 4.78 is 24.8. The molecule has 1 aromatic rings. The molecule has 2 heterocycles. The van der Waals surface area contributed by atoms with E-state index in [0.717, 1.165) is 68.9 Å². The smallest absolute Gasteiger partial charge is 0.417 e. The molecule has 0 N–H and O–H groups in total. The minimum absolute atomic E-state index is 0. The Morgan fingerprint density at radius 1 is 1.08 bits per heavy atom. The molecule has 1 aliphatic rings. The molecule has 39 heavy (non-hydrogen) atoms. The third-order valence-electron chi connectivity index (χ3n) is 6.72. The first-order valence-corrected chi connectivity index (χ1v) is 14.4. The molecule has 1 saturated heterocycles. The SMILES string of the molecule is C=CCCCCCCOCCCCCCOC1CC(COC(=O)N(Cc2cccc[n+]2CC)C(C)=O)CO1.[I-]. The monoisotopic (exact) mass is 660 g/mol. The van der Waals surface area contributed by atoms with Crippen LogP contribution in [0.1, 0.15) is 83.7 Å². The van der Waals surface area contributed by atoms with E-state index in [1.54, 1.807) is 0 Å². The average molecular weight is 661 g/mol. The first-order chi connectivity index (χ1) is 18.5. The summed E-state index contributed by atoms with van der Waals surface area (Å²) >= 11 is 0. The molecule has 0 bridgehead atoms. The second-order valence-electron chi connectivity index (χ2n) is 9.91. The number of rotatable bonds is 20. The van der Waals surface area contributed by atoms with Crippen molar-refractivity contribution in [3.63, 3.8) is 0 Å². The second kappa shape index (κ2) is 22.2. The Balaban J connectivity index is 0.00000760. The fraction of sp³-hybridized carbons (Fsp3) is 0.700. The largest absolute Gasteiger partial charge is 1.00 e. The van der Waals surface area contributed by atoms with Gasteiger partial charge >= 0.3 is 6.09 Å². The molecule has 8 nitrogen and oxygen atoms in total. The zero-order valence-corrected chi connectivity index (χ0v) is 26.1. The number of amides is 2. The maximum absolute atomic E-state index is 12.6. The number of aryl methyl sites for hydroxylation is 1. The third kappa shape index (κ3) is 15.1. The minimum atomic E-state index is -0.624. The molecule has 2 unspecified atom stereocenters. The fourth-order valence-electron chi connectivity index (χ4n) is 4.40. The van der Waals surface area contributed by atoms with Crippen molar-refractivity contribution in [1.82, 2.24) is 4.90 Å². The molecular formula is C30H49IN2O6. The Hall–Kier alpha value is -1.56. The van der Waals surface area contributed by atoms with Crippen LogP contribution in [0.25, 0.3) is 0 Å². The van der Waals surface area contributed by atoms with E-state index in [9.17, 15) is 9.59 Å². The van der Waals surface area contributed by atoms with Crippen LogP contribution in [0.15, 0.2) is 37.1 Å². The van der Waals surface area contributed by atoms with Crippen molar-refractivity contribution in [2.24, 2.45) is 5.92 Å². The van der Waals surface area contributed by atoms with Crippen LogP contribution >= 0.6 is 0 Å². The molecule has 222 valence electrons. The Morgan fingerprint density at radius 3 is 2.44 bits per heavy atom. The maximum Gasteiger partial charge on any atom is 0.417 e. The van der Waals surface area contributed by atoms with Crippen LogP contribution in [0, 0.1) is 5.92 Å². The highest BCUT2D eigenvalue weighted by Crippen LogP contribution is 2.21. The fourth-order valence-corrected chi connectivity index (χ4v) is 4.40. The molecule has 0 aromatic carbocycles. The first-order valence-electron chi connectivity index (χ1n) is 14.4. The number of carbonyl (C=O) groups excluding carboxylic acids is 2. The molecule has 1 fully saturated rings. The number of ether oxygens (including phenoxy) is 4. The van der Waals surface area contributed by atoms with Crippen molar-refractivity contribution >= 4 is 12.0 Å². The summed E-state index contributed by atoms with van der Waals surface area (Å²) in [4.78, 5) is 25.9. The predicted octanol–water partition coefficient (Wildman–Crippen LogP) is 2.58. The Morgan fingerprint density at radius 2 is 1.77 bits per heavy atom. The molecule has 9 heteroatoms. The average Bonchev–Trinajstić information content (AvgIpc) is 3.38. The summed E-state index contributed by atoms with van der Waals surface area (Å²) in [5.74, 6) is -0.277. The van der Waals surface area contributed by atoms with Crippen LogP contribution in [-0.2, 0) is 36.8 Å². The van der Waals surface area contributed by atoms with Gasteiger partial charge in [-0.15, -0.1) is 6.58 Å². The number of imide groups is 1. The van der Waals surface area contributed by atoms with Gasteiger partial charge < -0.3 is 42.9 Å². The van der Waals surface area contributed by atoms with Crippen molar-refractivity contribution in [2.75, 3.05) is 33.0 Å². The second-order valence-corrected chi connectivity index (χ2v) is 9.91. The lowest BCUT2D eigenvalue weighted by Gasteiger charge is -2.19. The summed E-state index contributed by atoms with van der Waals surface area (Å²) in [5.41, 5.74) is 0.873. The van der Waals surface area contributed by atoms with Gasteiger partial charge in [-0.2, -0.15) is 0 Å². The highest BCUT2D eigenvalue weighted by Gasteiger charge is 2.29. The van der Waals surface area contributed by atoms with E-state index in [2.05, 4.69) is 6.58 Å². The highest BCUT2D eigenvalue weighted by molar-refractivity contribution is 5.90. The van der Waals surface area contributed by atoms with E-state index in [1.807, 2.05) is 42.0 Å². The molecule has 2 rings (SSSR count). The topological polar surface area (TPSA) is 78.2 Å². The van der Waals surface area contributed by atoms with Crippen molar-refractivity contribution in [3.05, 3.63) is 42.7 Å². The quantitative estimate of drug-likeness (QED) is 0.0927. The lowest BCUT2D eigenvalue weighted by Crippen LogP contribution is -3.00. The highest BCUT2D eigenvalue weighted by atomic mass is 127. The van der Waals surface area contributed by atoms with E-state index < -0.39 is 6.09 Å². The van der Waals surface area contributed by atoms with E-state index in [1.165, 1.54) is 26.2 Å². The van der Waals surface area contributed by atoms with E-state index >= 15 is 0 Å². The number of halogens is 1. The Labute approximate surface area is 252 Å². The van der Waals surface area contributed by atoms with Gasteiger partial charge in [-0.25, -0.2) is 14.3 Å². The maximum atomic E-state index is 12.6. The number of nitrogens with zero attached hydrogens (tertiary/aromatic N) is 2. The van der Waals surface area contributed by atoms with Gasteiger partial charge in [0, 0.05) is 51.2 Å². The van der Waals surface area contributed by atoms with E-state index in [-0.39, 0.29) is 55.2 Å². The van der Waals surface area contributed by atoms with Crippen molar-refractivity contribution in [3.8, 4) is 0 Å². The molecular weight excluding hydrogens is 611 g/mol. The van der Waals surface area contributed by atoms with Crippen LogP contribution in [-0.4, -0.2) is 56.2 Å². The van der Waals surface area contributed by atoms with Gasteiger partial charge in [-0.1, -0.05) is 37.8 Å². The number of hydrogen-bond acceptors (Lipinski definition) is 6. The Bertz CT molecular complexity index is 824. The molecule has 2 amide bonds. The number of allylic oxidation sites excluding steroid dienone is 1. The molecule has 0 radical (unpaired) electrons. The normalized spacial score (nSPS) is 16.5. The van der Waals surface area contributed by atoms with Crippen LogP contribution in [0.2, 0.25) is 0 Å². The summed E-state index contributed by atoms with van der Waals surface area (Å²) in [6.07, 6.45) is 14.0. The van der Waals surface area contributed by atoms with E-state index in [0.29, 0.717) is 19.6 Å². The van der Waals surface area contributed by atoms with E-state index in [4.69, 9.17) is 18.9 Å². The summed E-state index contributed by atoms with van der Waals surface area (Å²) in [6.45, 7) is 11.1. The van der Waals surface area contributed by atoms with Crippen LogP contribution in [0.4, 0.5) is 4.79 Å². The van der Waals surface area contributed by atoms with Crippen molar-refractivity contribution in [2.45, 2.75) is 97.4 Å². The first kappa shape index (κ1) is 35.5. The van der Waals surface area contributed by atoms with Gasteiger partial charge in [0.05, 0.1) is 13.2 Å². The molecule has 1 aromatic heterocycles. The number of pyridine rings is 1. The van der Waals surface area contributed by atoms with Crippen LogP contribution in [0.5, 0.6) is 0 Å². The third-order valence-corrected chi connectivity index (χ3v) is 6.72. The summed E-state index contributed by atoms with van der Waals surface area (Å²) in [5, 5.41) is 0. The van der Waals surface area contributed by atoms with Gasteiger partial charge in [-0.3, -0.25) is 4.79 Å². The van der Waals surface area contributed by atoms with Gasteiger partial charge in [0.2, 0.25) is 11.6 Å². The molecule has 0 spiro atoms. The zero-order chi connectivity index (χ0) is 27.4. The van der Waals surface area contributed by atoms with Crippen LogP contribution < -0.4 is 28.5 Å². The summed E-state index contributed by atoms with van der Waals surface area (Å²) in [6, 6.07) is 5.72. The van der Waals surface area contributed by atoms with Crippen molar-refractivity contribution < 1.29 is 57.1 Å².